The van der Waals surface area contributed by atoms with Gasteiger partial charge in [0.2, 0.25) is 0 Å². The number of halogens is 1. The van der Waals surface area contributed by atoms with E-state index < -0.39 is 0 Å². The van der Waals surface area contributed by atoms with Crippen LogP contribution in [0.15, 0.2) is 53.8 Å². The minimum absolute atomic E-state index is 0.202. The molecule has 2 aromatic rings. The minimum Gasteiger partial charge on any atom is -0.262 e. The predicted octanol–water partition coefficient (Wildman–Crippen LogP) is 6.97. The highest BCUT2D eigenvalue weighted by atomic mass is 35.5. The van der Waals surface area contributed by atoms with Gasteiger partial charge in [-0.3, -0.25) is 4.98 Å². The quantitative estimate of drug-likeness (QED) is 0.401. The third-order valence-corrected chi connectivity index (χ3v) is 6.98. The summed E-state index contributed by atoms with van der Waals surface area (Å²) in [5, 5.41) is 0.770. The lowest BCUT2D eigenvalue weighted by Gasteiger charge is -2.26. The van der Waals surface area contributed by atoms with Gasteiger partial charge in [0.15, 0.2) is 0 Å². The van der Waals surface area contributed by atoms with E-state index in [2.05, 4.69) is 37.9 Å². The van der Waals surface area contributed by atoms with Crippen molar-refractivity contribution in [1.82, 2.24) is 4.98 Å². The number of hydrogen-bond acceptors (Lipinski definition) is 4. The fourth-order valence-corrected chi connectivity index (χ4v) is 4.60. The fourth-order valence-electron chi connectivity index (χ4n) is 1.94. The Hall–Kier alpha value is -0.970. The van der Waals surface area contributed by atoms with Crippen molar-refractivity contribution in [3.05, 3.63) is 59.4 Å². The molecule has 24 heavy (non-hydrogen) atoms. The second kappa shape index (κ2) is 9.50. The number of hydrogen-bond donors (Lipinski definition) is 0. The van der Waals surface area contributed by atoms with Gasteiger partial charge in [0.25, 0.3) is 0 Å². The summed E-state index contributed by atoms with van der Waals surface area (Å²) >= 11 is 9.61. The van der Waals surface area contributed by atoms with Crippen molar-refractivity contribution in [2.24, 2.45) is 4.99 Å². The highest BCUT2D eigenvalue weighted by molar-refractivity contribution is 8.39. The Labute approximate surface area is 158 Å². The zero-order valence-electron chi connectivity index (χ0n) is 14.3. The maximum atomic E-state index is 5.96. The van der Waals surface area contributed by atoms with Crippen molar-refractivity contribution >= 4 is 45.2 Å². The normalized spacial score (nSPS) is 12.4. The first-order chi connectivity index (χ1) is 11.5. The van der Waals surface area contributed by atoms with E-state index in [9.17, 15) is 0 Å². The molecular formula is C19H23ClN2S2. The minimum atomic E-state index is 0.202. The molecule has 0 N–H and O–H groups in total. The van der Waals surface area contributed by atoms with Crippen molar-refractivity contribution in [3.63, 3.8) is 0 Å². The topological polar surface area (TPSA) is 25.2 Å². The lowest BCUT2D eigenvalue weighted by molar-refractivity contribution is 0.603. The van der Waals surface area contributed by atoms with Gasteiger partial charge in [0.1, 0.15) is 4.38 Å². The van der Waals surface area contributed by atoms with Crippen molar-refractivity contribution in [1.29, 1.82) is 0 Å². The van der Waals surface area contributed by atoms with Crippen LogP contribution in [0.25, 0.3) is 0 Å². The summed E-state index contributed by atoms with van der Waals surface area (Å²) in [5.41, 5.74) is 2.15. The van der Waals surface area contributed by atoms with Crippen LogP contribution in [-0.4, -0.2) is 14.1 Å². The smallest absolute Gasteiger partial charge is 0.131 e. The third-order valence-electron chi connectivity index (χ3n) is 3.97. The second-order valence-electron chi connectivity index (χ2n) is 5.76. The Kier molecular flexibility index (Phi) is 7.66. The molecule has 0 saturated carbocycles. The van der Waals surface area contributed by atoms with Crippen LogP contribution in [0.1, 0.15) is 39.2 Å². The summed E-state index contributed by atoms with van der Waals surface area (Å²) in [6.07, 6.45) is 5.80. The maximum absolute atomic E-state index is 5.96. The molecule has 0 aliphatic rings. The summed E-state index contributed by atoms with van der Waals surface area (Å²) in [4.78, 5) is 8.99. The standard InChI is InChI=1S/C19H23ClN2S2/c1-4-19(3,5-2)24-18(22-17-7-6-12-21-13-17)23-14-15-8-10-16(20)11-9-15/h6-13H,4-5,14H2,1-3H3. The molecule has 0 atom stereocenters. The van der Waals surface area contributed by atoms with E-state index in [1.165, 1.54) is 5.56 Å². The van der Waals surface area contributed by atoms with Gasteiger partial charge in [-0.1, -0.05) is 68.0 Å². The Morgan fingerprint density at radius 3 is 2.46 bits per heavy atom. The second-order valence-corrected chi connectivity index (χ2v) is 9.00. The molecule has 0 spiro atoms. The average Bonchev–Trinajstić information content (AvgIpc) is 2.62. The number of rotatable bonds is 6. The zero-order valence-corrected chi connectivity index (χ0v) is 16.7. The maximum Gasteiger partial charge on any atom is 0.131 e. The highest BCUT2D eigenvalue weighted by Gasteiger charge is 2.23. The lowest BCUT2D eigenvalue weighted by atomic mass is 10.1. The molecule has 0 aliphatic carbocycles. The van der Waals surface area contributed by atoms with E-state index in [0.29, 0.717) is 0 Å². The van der Waals surface area contributed by atoms with E-state index in [0.717, 1.165) is 33.7 Å². The number of pyridine rings is 1. The average molecular weight is 379 g/mol. The molecule has 0 bridgehead atoms. The van der Waals surface area contributed by atoms with Crippen LogP contribution >= 0.6 is 35.1 Å². The van der Waals surface area contributed by atoms with Crippen molar-refractivity contribution < 1.29 is 0 Å². The van der Waals surface area contributed by atoms with Crippen LogP contribution in [0.3, 0.4) is 0 Å². The first-order valence-corrected chi connectivity index (χ1v) is 10.3. The molecule has 1 aromatic heterocycles. The van der Waals surface area contributed by atoms with Gasteiger partial charge in [-0.25, -0.2) is 4.99 Å². The van der Waals surface area contributed by atoms with Gasteiger partial charge >= 0.3 is 0 Å². The lowest BCUT2D eigenvalue weighted by Crippen LogP contribution is -2.19. The van der Waals surface area contributed by atoms with Gasteiger partial charge in [0.05, 0.1) is 11.9 Å². The largest absolute Gasteiger partial charge is 0.262 e. The molecule has 2 rings (SSSR count). The summed E-state index contributed by atoms with van der Waals surface area (Å²) < 4.78 is 1.29. The first-order valence-electron chi connectivity index (χ1n) is 8.09. The van der Waals surface area contributed by atoms with Gasteiger partial charge < -0.3 is 0 Å². The van der Waals surface area contributed by atoms with Gasteiger partial charge in [-0.15, -0.1) is 0 Å². The van der Waals surface area contributed by atoms with Crippen LogP contribution in [0.5, 0.6) is 0 Å². The number of thioether (sulfide) groups is 2. The molecule has 1 aromatic carbocycles. The molecule has 0 aliphatic heterocycles. The van der Waals surface area contributed by atoms with Crippen molar-refractivity contribution in [2.75, 3.05) is 0 Å². The Morgan fingerprint density at radius 1 is 1.17 bits per heavy atom. The van der Waals surface area contributed by atoms with E-state index in [-0.39, 0.29) is 4.75 Å². The van der Waals surface area contributed by atoms with Gasteiger partial charge in [0, 0.05) is 21.7 Å². The zero-order chi connectivity index (χ0) is 17.4. The molecular weight excluding hydrogens is 356 g/mol. The summed E-state index contributed by atoms with van der Waals surface area (Å²) in [6.45, 7) is 6.78. The molecule has 2 nitrogen and oxygen atoms in total. The van der Waals surface area contributed by atoms with E-state index >= 15 is 0 Å². The highest BCUT2D eigenvalue weighted by Crippen LogP contribution is 2.38. The van der Waals surface area contributed by atoms with E-state index in [4.69, 9.17) is 16.6 Å². The van der Waals surface area contributed by atoms with Crippen LogP contribution in [0.4, 0.5) is 5.69 Å². The SMILES string of the molecule is CCC(C)(CC)SC(=Nc1cccnc1)SCc1ccc(Cl)cc1. The van der Waals surface area contributed by atoms with Crippen LogP contribution in [-0.2, 0) is 5.75 Å². The van der Waals surface area contributed by atoms with Crippen LogP contribution in [0.2, 0.25) is 5.02 Å². The van der Waals surface area contributed by atoms with Crippen molar-refractivity contribution in [3.8, 4) is 0 Å². The molecule has 0 fully saturated rings. The molecule has 0 amide bonds. The summed E-state index contributed by atoms with van der Waals surface area (Å²) in [5.74, 6) is 0.882. The Balaban J connectivity index is 2.15. The Bertz CT molecular complexity index is 653. The molecule has 0 radical (unpaired) electrons. The van der Waals surface area contributed by atoms with Crippen LogP contribution < -0.4 is 0 Å². The molecule has 5 heteroatoms. The molecule has 0 unspecified atom stereocenters. The third kappa shape index (κ3) is 6.15. The monoisotopic (exact) mass is 378 g/mol. The fraction of sp³-hybridized carbons (Fsp3) is 0.368. The Morgan fingerprint density at radius 2 is 1.88 bits per heavy atom. The van der Waals surface area contributed by atoms with E-state index in [1.54, 1.807) is 24.2 Å². The molecule has 1 heterocycles. The van der Waals surface area contributed by atoms with Gasteiger partial charge in [-0.2, -0.15) is 0 Å². The molecule has 128 valence electrons. The number of nitrogens with zero attached hydrogens (tertiary/aromatic N) is 2. The predicted molar refractivity (Wildman–Crippen MR) is 111 cm³/mol. The van der Waals surface area contributed by atoms with E-state index in [1.807, 2.05) is 36.0 Å². The number of benzene rings is 1. The number of aliphatic imine (C=N–C) groups is 1. The van der Waals surface area contributed by atoms with Crippen LogP contribution in [0, 0.1) is 0 Å². The summed E-state index contributed by atoms with van der Waals surface area (Å²) in [7, 11) is 0. The summed E-state index contributed by atoms with van der Waals surface area (Å²) in [6, 6.07) is 11.9. The molecule has 0 saturated heterocycles. The van der Waals surface area contributed by atoms with Crippen molar-refractivity contribution in [2.45, 2.75) is 44.1 Å². The number of aromatic nitrogens is 1. The van der Waals surface area contributed by atoms with Gasteiger partial charge in [-0.05, 0) is 42.7 Å². The first kappa shape index (κ1) is 19.4.